The highest BCUT2D eigenvalue weighted by Crippen LogP contribution is 1.96. The summed E-state index contributed by atoms with van der Waals surface area (Å²) >= 11 is 0. The van der Waals surface area contributed by atoms with Crippen LogP contribution in [0.4, 0.5) is 0 Å². The molecule has 0 atom stereocenters. The van der Waals surface area contributed by atoms with Crippen LogP contribution in [-0.2, 0) is 9.47 Å². The first-order chi connectivity index (χ1) is 10.2. The van der Waals surface area contributed by atoms with E-state index >= 15 is 0 Å². The Bertz CT molecular complexity index is 183. The zero-order valence-electron chi connectivity index (χ0n) is 13.1. The normalized spacial score (nSPS) is 8.33. The number of aliphatic hydroxyl groups excluding tert-OH is 3. The molecule has 0 aromatic heterocycles. The SMILES string of the molecule is C=COC=C.C=COCCCCO.OCCCCCCO. The highest BCUT2D eigenvalue weighted by Gasteiger charge is 1.84. The summed E-state index contributed by atoms with van der Waals surface area (Å²) in [5.74, 6) is 0. The van der Waals surface area contributed by atoms with Gasteiger partial charge in [0.05, 0.1) is 25.4 Å². The Morgan fingerprint density at radius 2 is 1.05 bits per heavy atom. The molecule has 0 rings (SSSR count). The van der Waals surface area contributed by atoms with Gasteiger partial charge in [-0.25, -0.2) is 0 Å². The van der Waals surface area contributed by atoms with Gasteiger partial charge in [-0.1, -0.05) is 32.6 Å². The van der Waals surface area contributed by atoms with Crippen LogP contribution in [0.2, 0.25) is 0 Å². The first-order valence-corrected chi connectivity index (χ1v) is 7.17. The molecule has 3 N–H and O–H groups in total. The van der Waals surface area contributed by atoms with E-state index in [0.29, 0.717) is 6.61 Å². The summed E-state index contributed by atoms with van der Waals surface area (Å²) in [4.78, 5) is 0. The van der Waals surface area contributed by atoms with Gasteiger partial charge in [0, 0.05) is 19.8 Å². The van der Waals surface area contributed by atoms with Crippen LogP contribution in [0, 0.1) is 0 Å². The summed E-state index contributed by atoms with van der Waals surface area (Å²) in [7, 11) is 0. The van der Waals surface area contributed by atoms with Crippen molar-refractivity contribution in [1.29, 1.82) is 0 Å². The second-order valence-electron chi connectivity index (χ2n) is 3.80. The summed E-state index contributed by atoms with van der Waals surface area (Å²) < 4.78 is 9.15. The third kappa shape index (κ3) is 45.6. The molecule has 0 saturated heterocycles. The van der Waals surface area contributed by atoms with E-state index in [-0.39, 0.29) is 19.8 Å². The summed E-state index contributed by atoms with van der Waals surface area (Å²) in [6.07, 6.45) is 9.59. The van der Waals surface area contributed by atoms with Crippen molar-refractivity contribution in [3.8, 4) is 0 Å². The molecule has 0 aliphatic heterocycles. The Balaban J connectivity index is -0.000000239. The highest BCUT2D eigenvalue weighted by atomic mass is 16.5. The van der Waals surface area contributed by atoms with E-state index in [4.69, 9.17) is 20.1 Å². The maximum Gasteiger partial charge on any atom is 0.0873 e. The summed E-state index contributed by atoms with van der Waals surface area (Å²) in [5.41, 5.74) is 0. The number of aliphatic hydroxyl groups is 3. The number of hydrogen-bond donors (Lipinski definition) is 3. The van der Waals surface area contributed by atoms with Crippen LogP contribution in [0.3, 0.4) is 0 Å². The number of unbranched alkanes of at least 4 members (excludes halogenated alkanes) is 4. The van der Waals surface area contributed by atoms with Crippen molar-refractivity contribution in [3.05, 3.63) is 38.5 Å². The molecule has 126 valence electrons. The van der Waals surface area contributed by atoms with Gasteiger partial charge in [0.1, 0.15) is 0 Å². The van der Waals surface area contributed by atoms with Gasteiger partial charge in [0.15, 0.2) is 0 Å². The van der Waals surface area contributed by atoms with Crippen LogP contribution in [0.15, 0.2) is 38.5 Å². The van der Waals surface area contributed by atoms with Crippen molar-refractivity contribution in [2.45, 2.75) is 38.5 Å². The van der Waals surface area contributed by atoms with Crippen molar-refractivity contribution in [2.75, 3.05) is 26.4 Å². The van der Waals surface area contributed by atoms with E-state index < -0.39 is 0 Å². The average molecular weight is 304 g/mol. The van der Waals surface area contributed by atoms with Crippen LogP contribution >= 0.6 is 0 Å². The fourth-order valence-corrected chi connectivity index (χ4v) is 1.03. The molecule has 0 aliphatic rings. The second kappa shape index (κ2) is 31.2. The molecule has 0 aromatic rings. The topological polar surface area (TPSA) is 79.2 Å². The van der Waals surface area contributed by atoms with Gasteiger partial charge in [-0.05, 0) is 25.7 Å². The van der Waals surface area contributed by atoms with Gasteiger partial charge in [-0.2, -0.15) is 0 Å². The van der Waals surface area contributed by atoms with E-state index in [2.05, 4.69) is 24.5 Å². The zero-order chi connectivity index (χ0) is 16.6. The summed E-state index contributed by atoms with van der Waals surface area (Å²) in [6, 6.07) is 0. The minimum absolute atomic E-state index is 0.250. The van der Waals surface area contributed by atoms with Gasteiger partial charge in [0.25, 0.3) is 0 Å². The van der Waals surface area contributed by atoms with Crippen molar-refractivity contribution in [1.82, 2.24) is 0 Å². The Hall–Kier alpha value is -1.30. The zero-order valence-corrected chi connectivity index (χ0v) is 13.1. The summed E-state index contributed by atoms with van der Waals surface area (Å²) in [6.45, 7) is 11.4. The smallest absolute Gasteiger partial charge is 0.0873 e. The molecule has 0 heterocycles. The van der Waals surface area contributed by atoms with Gasteiger partial charge >= 0.3 is 0 Å². The number of hydrogen-bond acceptors (Lipinski definition) is 5. The number of ether oxygens (including phenoxy) is 2. The van der Waals surface area contributed by atoms with E-state index in [1.54, 1.807) is 0 Å². The molecule has 0 spiro atoms. The van der Waals surface area contributed by atoms with Gasteiger partial charge in [-0.3, -0.25) is 0 Å². The lowest BCUT2D eigenvalue weighted by atomic mass is 10.2. The third-order valence-electron chi connectivity index (χ3n) is 2.05. The van der Waals surface area contributed by atoms with Crippen LogP contribution in [0.1, 0.15) is 38.5 Å². The Kier molecular flexibility index (Phi) is 36.7. The molecule has 0 radical (unpaired) electrons. The molecular weight excluding hydrogens is 272 g/mol. The maximum atomic E-state index is 8.30. The minimum Gasteiger partial charge on any atom is -0.502 e. The Labute approximate surface area is 129 Å². The van der Waals surface area contributed by atoms with Crippen molar-refractivity contribution in [2.24, 2.45) is 0 Å². The maximum absolute atomic E-state index is 8.30. The van der Waals surface area contributed by atoms with E-state index in [1.807, 2.05) is 0 Å². The minimum atomic E-state index is 0.250. The Morgan fingerprint density at radius 1 is 0.619 bits per heavy atom. The third-order valence-corrected chi connectivity index (χ3v) is 2.05. The molecule has 0 aliphatic carbocycles. The van der Waals surface area contributed by atoms with Crippen molar-refractivity contribution >= 4 is 0 Å². The van der Waals surface area contributed by atoms with Crippen LogP contribution in [-0.4, -0.2) is 41.7 Å². The summed E-state index contributed by atoms with van der Waals surface area (Å²) in [5, 5.41) is 24.9. The average Bonchev–Trinajstić information content (AvgIpc) is 2.50. The molecule has 0 amide bonds. The fraction of sp³-hybridized carbons (Fsp3) is 0.625. The van der Waals surface area contributed by atoms with Crippen LogP contribution < -0.4 is 0 Å². The quantitative estimate of drug-likeness (QED) is 0.382. The van der Waals surface area contributed by atoms with Crippen LogP contribution in [0.5, 0.6) is 0 Å². The molecule has 0 saturated carbocycles. The van der Waals surface area contributed by atoms with Crippen molar-refractivity contribution < 1.29 is 24.8 Å². The predicted molar refractivity (Wildman–Crippen MR) is 86.6 cm³/mol. The van der Waals surface area contributed by atoms with E-state index in [0.717, 1.165) is 38.5 Å². The first kappa shape index (κ1) is 24.7. The molecule has 5 heteroatoms. The largest absolute Gasteiger partial charge is 0.502 e. The van der Waals surface area contributed by atoms with Gasteiger partial charge in [-0.15, -0.1) is 0 Å². The molecule has 0 fully saturated rings. The molecule has 0 aromatic carbocycles. The molecule has 21 heavy (non-hydrogen) atoms. The molecule has 0 bridgehead atoms. The Morgan fingerprint density at radius 3 is 1.33 bits per heavy atom. The lowest BCUT2D eigenvalue weighted by Gasteiger charge is -1.95. The van der Waals surface area contributed by atoms with Gasteiger partial charge in [0.2, 0.25) is 0 Å². The first-order valence-electron chi connectivity index (χ1n) is 7.17. The standard InChI is InChI=1S/C6H12O2.C6H14O2.C4H6O/c1-2-8-6-4-3-5-7;7-5-3-1-2-4-6-8;1-3-5-4-2/h2,7H,1,3-6H2;7-8H,1-6H2;3-4H,1-2H2. The monoisotopic (exact) mass is 304 g/mol. The lowest BCUT2D eigenvalue weighted by Crippen LogP contribution is -1.89. The van der Waals surface area contributed by atoms with E-state index in [1.165, 1.54) is 18.8 Å². The van der Waals surface area contributed by atoms with Gasteiger partial charge < -0.3 is 24.8 Å². The lowest BCUT2D eigenvalue weighted by molar-refractivity contribution is 0.220. The van der Waals surface area contributed by atoms with Crippen LogP contribution in [0.25, 0.3) is 0 Å². The second-order valence-corrected chi connectivity index (χ2v) is 3.80. The predicted octanol–water partition coefficient (Wildman–Crippen LogP) is 2.74. The van der Waals surface area contributed by atoms with Crippen molar-refractivity contribution in [3.63, 3.8) is 0 Å². The fourth-order valence-electron chi connectivity index (χ4n) is 1.03. The highest BCUT2D eigenvalue weighted by molar-refractivity contribution is 4.57. The molecule has 5 nitrogen and oxygen atoms in total. The molecular formula is C16H32O5. The van der Waals surface area contributed by atoms with E-state index in [9.17, 15) is 0 Å². The molecule has 0 unspecified atom stereocenters. The number of rotatable bonds is 12.